The van der Waals surface area contributed by atoms with Crippen LogP contribution in [0, 0.1) is 0 Å². The van der Waals surface area contributed by atoms with E-state index in [1.807, 2.05) is 24.4 Å². The molecular formula is C13H19N3O4S. The first-order valence-electron chi connectivity index (χ1n) is 6.55. The van der Waals surface area contributed by atoms with Gasteiger partial charge in [-0.15, -0.1) is 11.3 Å². The summed E-state index contributed by atoms with van der Waals surface area (Å²) < 4.78 is 0. The molecule has 0 aliphatic rings. The second-order valence-electron chi connectivity index (χ2n) is 4.41. The Balaban J connectivity index is 2.33. The van der Waals surface area contributed by atoms with Crippen LogP contribution in [0.3, 0.4) is 0 Å². The minimum atomic E-state index is -1.00. The van der Waals surface area contributed by atoms with Crippen molar-refractivity contribution in [1.82, 2.24) is 15.5 Å². The predicted molar refractivity (Wildman–Crippen MR) is 79.1 cm³/mol. The highest BCUT2D eigenvalue weighted by atomic mass is 32.1. The number of amides is 3. The number of aliphatic carboxylic acids is 1. The van der Waals surface area contributed by atoms with Crippen molar-refractivity contribution in [2.75, 3.05) is 19.6 Å². The Morgan fingerprint density at radius 3 is 2.67 bits per heavy atom. The molecule has 1 rings (SSSR count). The van der Waals surface area contributed by atoms with Crippen molar-refractivity contribution in [3.05, 3.63) is 22.4 Å². The molecule has 0 aliphatic carbocycles. The lowest BCUT2D eigenvalue weighted by molar-refractivity contribution is -0.138. The van der Waals surface area contributed by atoms with Crippen LogP contribution in [-0.2, 0) is 16.1 Å². The average molecular weight is 313 g/mol. The molecule has 8 heteroatoms. The maximum atomic E-state index is 11.7. The van der Waals surface area contributed by atoms with Crippen LogP contribution in [0.4, 0.5) is 4.79 Å². The van der Waals surface area contributed by atoms with Gasteiger partial charge in [0.05, 0.1) is 19.6 Å². The van der Waals surface area contributed by atoms with Gasteiger partial charge in [0.1, 0.15) is 0 Å². The van der Waals surface area contributed by atoms with Crippen LogP contribution < -0.4 is 10.6 Å². The molecule has 0 aromatic carbocycles. The van der Waals surface area contributed by atoms with Gasteiger partial charge in [0, 0.05) is 4.88 Å². The number of imide groups is 1. The van der Waals surface area contributed by atoms with E-state index < -0.39 is 17.9 Å². The number of hydrogen-bond acceptors (Lipinski definition) is 5. The van der Waals surface area contributed by atoms with Gasteiger partial charge in [0.25, 0.3) is 0 Å². The molecule has 0 atom stereocenters. The van der Waals surface area contributed by atoms with E-state index in [2.05, 4.69) is 10.6 Å². The number of rotatable bonds is 8. The Morgan fingerprint density at radius 1 is 1.33 bits per heavy atom. The molecule has 0 aliphatic heterocycles. The fraction of sp³-hybridized carbons (Fsp3) is 0.462. The number of nitrogens with one attached hydrogen (secondary N) is 2. The van der Waals surface area contributed by atoms with Crippen LogP contribution in [0.15, 0.2) is 17.5 Å². The molecule has 1 aromatic rings. The zero-order chi connectivity index (χ0) is 15.7. The molecule has 116 valence electrons. The third-order valence-corrected chi connectivity index (χ3v) is 3.40. The van der Waals surface area contributed by atoms with Crippen molar-refractivity contribution in [3.8, 4) is 0 Å². The predicted octanol–water partition coefficient (Wildman–Crippen LogP) is 0.870. The van der Waals surface area contributed by atoms with Crippen molar-refractivity contribution in [2.24, 2.45) is 0 Å². The summed E-state index contributed by atoms with van der Waals surface area (Å²) >= 11 is 1.51. The third-order valence-electron chi connectivity index (χ3n) is 2.52. The van der Waals surface area contributed by atoms with Crippen LogP contribution >= 0.6 is 11.3 Å². The van der Waals surface area contributed by atoms with Gasteiger partial charge in [-0.3, -0.25) is 19.8 Å². The van der Waals surface area contributed by atoms with E-state index in [0.717, 1.165) is 11.3 Å². The number of hydrogen-bond donors (Lipinski definition) is 3. The van der Waals surface area contributed by atoms with E-state index in [4.69, 9.17) is 5.11 Å². The molecule has 0 fully saturated rings. The molecule has 21 heavy (non-hydrogen) atoms. The van der Waals surface area contributed by atoms with Gasteiger partial charge >= 0.3 is 12.0 Å². The number of carbonyl (C=O) groups excluding carboxylic acids is 2. The van der Waals surface area contributed by atoms with E-state index in [1.54, 1.807) is 0 Å². The zero-order valence-electron chi connectivity index (χ0n) is 11.8. The standard InChI is InChI=1S/C13H19N3O4S/c1-2-5-16(9-12(18)19)8-11(17)15-13(20)14-7-10-4-3-6-21-10/h3-4,6H,2,5,7-9H2,1H3,(H,18,19)(H2,14,15,17,20). The summed E-state index contributed by atoms with van der Waals surface area (Å²) in [6.45, 7) is 2.38. The van der Waals surface area contributed by atoms with Gasteiger partial charge in [-0.05, 0) is 24.4 Å². The van der Waals surface area contributed by atoms with Crippen molar-refractivity contribution in [3.63, 3.8) is 0 Å². The molecular weight excluding hydrogens is 294 g/mol. The van der Waals surface area contributed by atoms with Crippen LogP contribution in [0.2, 0.25) is 0 Å². The first kappa shape index (κ1) is 17.1. The first-order valence-corrected chi connectivity index (χ1v) is 7.43. The molecule has 0 saturated carbocycles. The molecule has 0 saturated heterocycles. The summed E-state index contributed by atoms with van der Waals surface area (Å²) in [4.78, 5) is 36.3. The molecule has 0 bridgehead atoms. The second kappa shape index (κ2) is 9.09. The summed E-state index contributed by atoms with van der Waals surface area (Å²) in [6.07, 6.45) is 0.727. The minimum Gasteiger partial charge on any atom is -0.480 e. The fourth-order valence-electron chi connectivity index (χ4n) is 1.72. The Kier molecular flexibility index (Phi) is 7.41. The normalized spacial score (nSPS) is 10.4. The highest BCUT2D eigenvalue weighted by Gasteiger charge is 2.15. The Labute approximate surface area is 126 Å². The number of carboxylic acids is 1. The van der Waals surface area contributed by atoms with Crippen LogP contribution in [0.1, 0.15) is 18.2 Å². The molecule has 3 amide bonds. The van der Waals surface area contributed by atoms with E-state index in [1.165, 1.54) is 16.2 Å². The molecule has 1 aromatic heterocycles. The van der Waals surface area contributed by atoms with E-state index in [9.17, 15) is 14.4 Å². The highest BCUT2D eigenvalue weighted by Crippen LogP contribution is 2.06. The van der Waals surface area contributed by atoms with Gasteiger partial charge < -0.3 is 10.4 Å². The van der Waals surface area contributed by atoms with Crippen molar-refractivity contribution >= 4 is 29.2 Å². The van der Waals surface area contributed by atoms with Crippen LogP contribution in [0.5, 0.6) is 0 Å². The van der Waals surface area contributed by atoms with Gasteiger partial charge in [-0.1, -0.05) is 13.0 Å². The summed E-state index contributed by atoms with van der Waals surface area (Å²) in [5, 5.41) is 15.4. The number of nitrogens with zero attached hydrogens (tertiary/aromatic N) is 1. The number of urea groups is 1. The second-order valence-corrected chi connectivity index (χ2v) is 5.45. The summed E-state index contributed by atoms with van der Waals surface area (Å²) in [6, 6.07) is 3.17. The fourth-order valence-corrected chi connectivity index (χ4v) is 2.36. The van der Waals surface area contributed by atoms with E-state index >= 15 is 0 Å². The minimum absolute atomic E-state index is 0.118. The number of thiophene rings is 1. The summed E-state index contributed by atoms with van der Waals surface area (Å²) in [5.74, 6) is -1.52. The van der Waals surface area contributed by atoms with Crippen LogP contribution in [0.25, 0.3) is 0 Å². The van der Waals surface area contributed by atoms with Gasteiger partial charge in [0.2, 0.25) is 5.91 Å². The van der Waals surface area contributed by atoms with Gasteiger partial charge in [0.15, 0.2) is 0 Å². The lowest BCUT2D eigenvalue weighted by atomic mass is 10.4. The average Bonchev–Trinajstić information content (AvgIpc) is 2.88. The summed E-state index contributed by atoms with van der Waals surface area (Å²) in [5.41, 5.74) is 0. The summed E-state index contributed by atoms with van der Waals surface area (Å²) in [7, 11) is 0. The zero-order valence-corrected chi connectivity index (χ0v) is 12.6. The lowest BCUT2D eigenvalue weighted by Gasteiger charge is -2.18. The van der Waals surface area contributed by atoms with Crippen molar-refractivity contribution in [1.29, 1.82) is 0 Å². The Morgan fingerprint density at radius 2 is 2.10 bits per heavy atom. The molecule has 7 nitrogen and oxygen atoms in total. The quantitative estimate of drug-likeness (QED) is 0.661. The third kappa shape index (κ3) is 7.42. The molecule has 0 radical (unpaired) electrons. The smallest absolute Gasteiger partial charge is 0.321 e. The SMILES string of the molecule is CCCN(CC(=O)O)CC(=O)NC(=O)NCc1cccs1. The number of carbonyl (C=O) groups is 3. The highest BCUT2D eigenvalue weighted by molar-refractivity contribution is 7.09. The molecule has 3 N–H and O–H groups in total. The van der Waals surface area contributed by atoms with Gasteiger partial charge in [-0.25, -0.2) is 4.79 Å². The Bertz CT molecular complexity index is 476. The number of carboxylic acid groups (broad SMARTS) is 1. The van der Waals surface area contributed by atoms with E-state index in [-0.39, 0.29) is 13.1 Å². The molecule has 1 heterocycles. The molecule has 0 unspecified atom stereocenters. The van der Waals surface area contributed by atoms with E-state index in [0.29, 0.717) is 13.1 Å². The first-order chi connectivity index (χ1) is 10.0. The molecule has 0 spiro atoms. The maximum absolute atomic E-state index is 11.7. The topological polar surface area (TPSA) is 98.7 Å². The maximum Gasteiger partial charge on any atom is 0.321 e. The van der Waals surface area contributed by atoms with Crippen molar-refractivity contribution in [2.45, 2.75) is 19.9 Å². The Hall–Kier alpha value is -1.93. The van der Waals surface area contributed by atoms with Crippen LogP contribution in [-0.4, -0.2) is 47.5 Å². The largest absolute Gasteiger partial charge is 0.480 e. The van der Waals surface area contributed by atoms with Gasteiger partial charge in [-0.2, -0.15) is 0 Å². The monoisotopic (exact) mass is 313 g/mol. The lowest BCUT2D eigenvalue weighted by Crippen LogP contribution is -2.45. The van der Waals surface area contributed by atoms with Crippen molar-refractivity contribution < 1.29 is 19.5 Å².